The van der Waals surface area contributed by atoms with Crippen molar-refractivity contribution in [2.75, 3.05) is 4.90 Å². The minimum atomic E-state index is 0.0500. The van der Waals surface area contributed by atoms with Crippen molar-refractivity contribution in [3.63, 3.8) is 0 Å². The largest absolute Gasteiger partial charge is 0.456 e. The molecule has 7 aromatic carbocycles. The fourth-order valence-corrected chi connectivity index (χ4v) is 8.33. The minimum Gasteiger partial charge on any atom is -0.456 e. The zero-order valence-corrected chi connectivity index (χ0v) is 27.7. The van der Waals surface area contributed by atoms with Gasteiger partial charge in [0.15, 0.2) is 0 Å². The smallest absolute Gasteiger partial charge is 0.137 e. The van der Waals surface area contributed by atoms with Crippen molar-refractivity contribution in [1.82, 2.24) is 0 Å². The van der Waals surface area contributed by atoms with Gasteiger partial charge in [-0.3, -0.25) is 0 Å². The molecule has 49 heavy (non-hydrogen) atoms. The Kier molecular flexibility index (Phi) is 7.50. The van der Waals surface area contributed by atoms with Gasteiger partial charge in [-0.2, -0.15) is 0 Å². The van der Waals surface area contributed by atoms with Crippen molar-refractivity contribution >= 4 is 49.8 Å². The Morgan fingerprint density at radius 2 is 1.02 bits per heavy atom. The number of fused-ring (bicyclic) bond motifs is 4. The van der Waals surface area contributed by atoms with Crippen molar-refractivity contribution < 1.29 is 4.42 Å². The lowest BCUT2D eigenvalue weighted by Gasteiger charge is -2.35. The first-order valence-electron chi connectivity index (χ1n) is 17.7. The normalized spacial score (nSPS) is 14.6. The van der Waals surface area contributed by atoms with Gasteiger partial charge in [0.1, 0.15) is 11.2 Å². The molecule has 1 aliphatic rings. The number of benzene rings is 7. The highest BCUT2D eigenvalue weighted by Gasteiger charge is 2.34. The van der Waals surface area contributed by atoms with Crippen LogP contribution < -0.4 is 4.90 Å². The van der Waals surface area contributed by atoms with E-state index in [4.69, 9.17) is 4.42 Å². The second-order valence-corrected chi connectivity index (χ2v) is 13.6. The van der Waals surface area contributed by atoms with Gasteiger partial charge in [-0.25, -0.2) is 0 Å². The Hall–Kier alpha value is -5.60. The highest BCUT2D eigenvalue weighted by molar-refractivity contribution is 6.06. The molecule has 238 valence electrons. The Morgan fingerprint density at radius 1 is 0.429 bits per heavy atom. The van der Waals surface area contributed by atoms with Crippen molar-refractivity contribution in [3.8, 4) is 11.1 Å². The Bertz CT molecular complexity index is 2370. The topological polar surface area (TPSA) is 16.4 Å². The van der Waals surface area contributed by atoms with Gasteiger partial charge in [-0.15, -0.1) is 0 Å². The Balaban J connectivity index is 1.16. The molecule has 1 heterocycles. The second-order valence-electron chi connectivity index (χ2n) is 13.6. The molecule has 0 bridgehead atoms. The third kappa shape index (κ3) is 5.29. The van der Waals surface area contributed by atoms with Crippen LogP contribution in [0.4, 0.5) is 17.1 Å². The van der Waals surface area contributed by atoms with Crippen LogP contribution in [0.2, 0.25) is 0 Å². The first kappa shape index (κ1) is 29.5. The maximum absolute atomic E-state index is 6.38. The van der Waals surface area contributed by atoms with E-state index in [0.29, 0.717) is 0 Å². The molecule has 1 aliphatic carbocycles. The number of furan rings is 1. The molecule has 2 nitrogen and oxygen atoms in total. The third-order valence-corrected chi connectivity index (χ3v) is 10.8. The highest BCUT2D eigenvalue weighted by Crippen LogP contribution is 2.46. The quantitative estimate of drug-likeness (QED) is 0.169. The lowest BCUT2D eigenvalue weighted by molar-refractivity contribution is 0.446. The molecule has 1 fully saturated rings. The van der Waals surface area contributed by atoms with E-state index in [1.807, 2.05) is 12.1 Å². The average Bonchev–Trinajstić information content (AvgIpc) is 3.35. The van der Waals surface area contributed by atoms with Crippen LogP contribution in [0, 0.1) is 0 Å². The average molecular weight is 634 g/mol. The molecule has 8 aromatic rings. The minimum absolute atomic E-state index is 0.0500. The van der Waals surface area contributed by atoms with Crippen LogP contribution in [0.3, 0.4) is 0 Å². The van der Waals surface area contributed by atoms with Gasteiger partial charge in [0, 0.05) is 39.3 Å². The van der Waals surface area contributed by atoms with Crippen LogP contribution in [0.25, 0.3) is 43.8 Å². The molecular weight excluding hydrogens is 595 g/mol. The molecule has 0 unspecified atom stereocenters. The van der Waals surface area contributed by atoms with E-state index >= 15 is 0 Å². The van der Waals surface area contributed by atoms with Gasteiger partial charge in [-0.05, 0) is 88.3 Å². The summed E-state index contributed by atoms with van der Waals surface area (Å²) < 4.78 is 6.38. The monoisotopic (exact) mass is 633 g/mol. The second kappa shape index (κ2) is 12.5. The summed E-state index contributed by atoms with van der Waals surface area (Å²) in [6, 6.07) is 59.8. The molecule has 9 rings (SSSR count). The van der Waals surface area contributed by atoms with Crippen molar-refractivity contribution in [2.45, 2.75) is 43.9 Å². The highest BCUT2D eigenvalue weighted by atomic mass is 16.3. The molecule has 1 saturated carbocycles. The van der Waals surface area contributed by atoms with Gasteiger partial charge in [0.05, 0.1) is 0 Å². The van der Waals surface area contributed by atoms with Crippen LogP contribution in [0.15, 0.2) is 168 Å². The maximum atomic E-state index is 6.38. The van der Waals surface area contributed by atoms with Crippen LogP contribution in [-0.4, -0.2) is 0 Å². The van der Waals surface area contributed by atoms with Crippen LogP contribution >= 0.6 is 0 Å². The first-order valence-corrected chi connectivity index (χ1v) is 17.7. The van der Waals surface area contributed by atoms with E-state index in [2.05, 4.69) is 157 Å². The SMILES string of the molecule is c1ccc(C2(c3ccc(N(c4ccc(-c5cccc6ccccc56)cc4)c4ccc5c(c4)oc4ccccc45)cc3)CCCCCC2)cc1. The fourth-order valence-electron chi connectivity index (χ4n) is 8.33. The summed E-state index contributed by atoms with van der Waals surface area (Å²) in [5, 5.41) is 4.81. The van der Waals surface area contributed by atoms with E-state index < -0.39 is 0 Å². The standard InChI is InChI=1S/C47H39NO/c1-2-11-32-47(31-10-1,36-15-4-3-5-16-36)37-23-27-39(28-24-37)48(40-29-30-44-43-18-8-9-20-45(43)49-46(44)33-40)38-25-21-35(22-26-38)42-19-12-14-34-13-6-7-17-41(34)42/h3-9,12-30,33H,1-2,10-11,31-32H2. The fraction of sp³-hybridized carbons (Fsp3) is 0.149. The van der Waals surface area contributed by atoms with Gasteiger partial charge in [0.2, 0.25) is 0 Å². The molecular formula is C47H39NO. The van der Waals surface area contributed by atoms with E-state index in [1.54, 1.807) is 0 Å². The van der Waals surface area contributed by atoms with Crippen molar-refractivity contribution in [3.05, 3.63) is 175 Å². The number of rotatable bonds is 6. The summed E-state index contributed by atoms with van der Waals surface area (Å²) in [4.78, 5) is 2.37. The van der Waals surface area contributed by atoms with Gasteiger partial charge >= 0.3 is 0 Å². The molecule has 0 amide bonds. The first-order chi connectivity index (χ1) is 24.3. The van der Waals surface area contributed by atoms with Crippen molar-refractivity contribution in [1.29, 1.82) is 0 Å². The van der Waals surface area contributed by atoms with Crippen LogP contribution in [-0.2, 0) is 5.41 Å². The zero-order chi connectivity index (χ0) is 32.6. The van der Waals surface area contributed by atoms with Gasteiger partial charge in [0.25, 0.3) is 0 Å². The predicted octanol–water partition coefficient (Wildman–Crippen LogP) is 13.5. The van der Waals surface area contributed by atoms with Crippen molar-refractivity contribution in [2.24, 2.45) is 0 Å². The molecule has 0 aliphatic heterocycles. The predicted molar refractivity (Wildman–Crippen MR) is 206 cm³/mol. The molecule has 0 spiro atoms. The molecule has 0 atom stereocenters. The Labute approximate surface area is 288 Å². The molecule has 1 aromatic heterocycles. The third-order valence-electron chi connectivity index (χ3n) is 10.8. The molecule has 0 N–H and O–H groups in total. The summed E-state index contributed by atoms with van der Waals surface area (Å²) in [5.74, 6) is 0. The van der Waals surface area contributed by atoms with Gasteiger partial charge < -0.3 is 9.32 Å². The van der Waals surface area contributed by atoms with E-state index in [1.165, 1.54) is 71.6 Å². The van der Waals surface area contributed by atoms with E-state index in [0.717, 1.165) is 39.0 Å². The molecule has 0 saturated heterocycles. The molecule has 0 radical (unpaired) electrons. The summed E-state index contributed by atoms with van der Waals surface area (Å²) in [5.41, 5.74) is 10.5. The number of nitrogens with zero attached hydrogens (tertiary/aromatic N) is 1. The number of hydrogen-bond acceptors (Lipinski definition) is 2. The summed E-state index contributed by atoms with van der Waals surface area (Å²) in [6.07, 6.45) is 7.56. The Morgan fingerprint density at radius 3 is 1.80 bits per heavy atom. The number of para-hydroxylation sites is 1. The summed E-state index contributed by atoms with van der Waals surface area (Å²) in [6.45, 7) is 0. The van der Waals surface area contributed by atoms with Crippen LogP contribution in [0.5, 0.6) is 0 Å². The van der Waals surface area contributed by atoms with Crippen LogP contribution in [0.1, 0.15) is 49.7 Å². The zero-order valence-electron chi connectivity index (χ0n) is 27.7. The van der Waals surface area contributed by atoms with Gasteiger partial charge in [-0.1, -0.05) is 141 Å². The number of hydrogen-bond donors (Lipinski definition) is 0. The maximum Gasteiger partial charge on any atom is 0.137 e. The molecule has 2 heteroatoms. The van der Waals surface area contributed by atoms with E-state index in [9.17, 15) is 0 Å². The lowest BCUT2D eigenvalue weighted by Crippen LogP contribution is -2.27. The summed E-state index contributed by atoms with van der Waals surface area (Å²) in [7, 11) is 0. The summed E-state index contributed by atoms with van der Waals surface area (Å²) >= 11 is 0. The lowest BCUT2D eigenvalue weighted by atomic mass is 9.69. The number of anilines is 3. The van der Waals surface area contributed by atoms with E-state index in [-0.39, 0.29) is 5.41 Å².